The van der Waals surface area contributed by atoms with Crippen LogP contribution in [0.15, 0.2) is 30.6 Å². The Morgan fingerprint density at radius 3 is 2.89 bits per heavy atom. The van der Waals surface area contributed by atoms with Gasteiger partial charge in [0.05, 0.1) is 13.7 Å². The first-order chi connectivity index (χ1) is 8.74. The Morgan fingerprint density at radius 1 is 1.33 bits per heavy atom. The van der Waals surface area contributed by atoms with Crippen molar-refractivity contribution in [2.24, 2.45) is 0 Å². The minimum atomic E-state index is -0.0553. The molecular weight excluding hydrogens is 234 g/mol. The monoisotopic (exact) mass is 247 g/mol. The summed E-state index contributed by atoms with van der Waals surface area (Å²) in [6, 6.07) is 7.02. The van der Waals surface area contributed by atoms with Gasteiger partial charge < -0.3 is 20.3 Å². The molecule has 0 atom stereocenters. The average Bonchev–Trinajstić information content (AvgIpc) is 2.39. The summed E-state index contributed by atoms with van der Waals surface area (Å²) in [6.45, 7) is -0.0553. The lowest BCUT2D eigenvalue weighted by Gasteiger charge is -2.10. The Balaban J connectivity index is 2.30. The highest BCUT2D eigenvalue weighted by atomic mass is 16.5. The number of ether oxygens (including phenoxy) is 2. The Kier molecular flexibility index (Phi) is 3.59. The van der Waals surface area contributed by atoms with E-state index in [2.05, 4.69) is 9.97 Å². The summed E-state index contributed by atoms with van der Waals surface area (Å²) < 4.78 is 10.6. The highest BCUT2D eigenvalue weighted by Crippen LogP contribution is 2.32. The van der Waals surface area contributed by atoms with Gasteiger partial charge in [0.2, 0.25) is 5.75 Å². The van der Waals surface area contributed by atoms with Crippen molar-refractivity contribution in [3.63, 3.8) is 0 Å². The fourth-order valence-corrected chi connectivity index (χ4v) is 1.45. The fraction of sp³-hybridized carbons (Fsp3) is 0.167. The van der Waals surface area contributed by atoms with Crippen molar-refractivity contribution in [3.8, 4) is 17.4 Å². The van der Waals surface area contributed by atoms with E-state index in [1.54, 1.807) is 24.3 Å². The van der Waals surface area contributed by atoms with Crippen LogP contribution in [0.2, 0.25) is 0 Å². The number of aromatic nitrogens is 2. The van der Waals surface area contributed by atoms with Crippen molar-refractivity contribution in [2.75, 3.05) is 12.8 Å². The summed E-state index contributed by atoms with van der Waals surface area (Å²) in [4.78, 5) is 7.77. The molecule has 3 N–H and O–H groups in total. The van der Waals surface area contributed by atoms with Gasteiger partial charge in [0.15, 0.2) is 5.82 Å². The van der Waals surface area contributed by atoms with Gasteiger partial charge in [-0.2, -0.15) is 4.98 Å². The predicted molar refractivity (Wildman–Crippen MR) is 65.4 cm³/mol. The number of hydrogen-bond acceptors (Lipinski definition) is 6. The summed E-state index contributed by atoms with van der Waals surface area (Å²) in [5.74, 6) is 1.27. The number of methoxy groups -OCH3 is 1. The van der Waals surface area contributed by atoms with Gasteiger partial charge in [-0.15, -0.1) is 0 Å². The molecule has 0 aliphatic rings. The third kappa shape index (κ3) is 2.49. The Bertz CT molecular complexity index is 546. The van der Waals surface area contributed by atoms with Crippen molar-refractivity contribution >= 4 is 5.82 Å². The highest BCUT2D eigenvalue weighted by Gasteiger charge is 2.11. The van der Waals surface area contributed by atoms with Gasteiger partial charge in [0, 0.05) is 0 Å². The number of aliphatic hydroxyl groups excluding tert-OH is 1. The van der Waals surface area contributed by atoms with E-state index in [-0.39, 0.29) is 24.1 Å². The van der Waals surface area contributed by atoms with E-state index in [4.69, 9.17) is 20.3 Å². The van der Waals surface area contributed by atoms with E-state index in [9.17, 15) is 0 Å². The van der Waals surface area contributed by atoms with Gasteiger partial charge in [-0.3, -0.25) is 0 Å². The zero-order chi connectivity index (χ0) is 13.0. The number of hydrogen-bond donors (Lipinski definition) is 2. The van der Waals surface area contributed by atoms with E-state index < -0.39 is 0 Å². The molecule has 1 heterocycles. The second-order valence-electron chi connectivity index (χ2n) is 3.50. The molecule has 0 saturated heterocycles. The Morgan fingerprint density at radius 2 is 2.17 bits per heavy atom. The summed E-state index contributed by atoms with van der Waals surface area (Å²) in [5.41, 5.74) is 6.39. The number of aliphatic hydroxyl groups is 1. The molecule has 2 rings (SSSR count). The average molecular weight is 247 g/mol. The Labute approximate surface area is 104 Å². The second-order valence-corrected chi connectivity index (χ2v) is 3.50. The van der Waals surface area contributed by atoms with Crippen LogP contribution in [0.1, 0.15) is 5.56 Å². The van der Waals surface area contributed by atoms with Crippen molar-refractivity contribution in [1.82, 2.24) is 9.97 Å². The van der Waals surface area contributed by atoms with Crippen molar-refractivity contribution < 1.29 is 14.6 Å². The van der Waals surface area contributed by atoms with E-state index in [0.717, 1.165) is 5.56 Å². The van der Waals surface area contributed by atoms with E-state index in [1.165, 1.54) is 13.4 Å². The van der Waals surface area contributed by atoms with Crippen molar-refractivity contribution in [3.05, 3.63) is 36.2 Å². The molecule has 6 heteroatoms. The molecule has 0 spiro atoms. The third-order valence-electron chi connectivity index (χ3n) is 2.30. The first-order valence-corrected chi connectivity index (χ1v) is 5.26. The van der Waals surface area contributed by atoms with Gasteiger partial charge in [-0.05, 0) is 17.7 Å². The van der Waals surface area contributed by atoms with Crippen LogP contribution in [0, 0.1) is 0 Å². The van der Waals surface area contributed by atoms with Crippen LogP contribution >= 0.6 is 0 Å². The van der Waals surface area contributed by atoms with Gasteiger partial charge >= 0.3 is 0 Å². The molecule has 0 aliphatic carbocycles. The maximum Gasteiger partial charge on any atom is 0.268 e. The van der Waals surface area contributed by atoms with Crippen LogP contribution in [0.25, 0.3) is 0 Å². The van der Waals surface area contributed by atoms with Gasteiger partial charge in [0.25, 0.3) is 5.88 Å². The molecule has 0 aliphatic heterocycles. The molecule has 0 saturated carbocycles. The number of nitrogens with two attached hydrogens (primary N) is 1. The number of benzene rings is 1. The minimum absolute atomic E-state index is 0.0553. The quantitative estimate of drug-likeness (QED) is 0.847. The molecule has 6 nitrogen and oxygen atoms in total. The highest BCUT2D eigenvalue weighted by molar-refractivity contribution is 5.52. The molecule has 1 aromatic carbocycles. The van der Waals surface area contributed by atoms with E-state index >= 15 is 0 Å². The number of rotatable bonds is 4. The third-order valence-corrected chi connectivity index (χ3v) is 2.30. The molecule has 94 valence electrons. The second kappa shape index (κ2) is 5.33. The van der Waals surface area contributed by atoms with E-state index in [1.807, 2.05) is 0 Å². The molecule has 0 radical (unpaired) electrons. The Hall–Kier alpha value is -2.34. The van der Waals surface area contributed by atoms with Crippen LogP contribution in [0.4, 0.5) is 5.82 Å². The largest absolute Gasteiger partial charge is 0.489 e. The smallest absolute Gasteiger partial charge is 0.268 e. The topological polar surface area (TPSA) is 90.5 Å². The lowest BCUT2D eigenvalue weighted by molar-refractivity contribution is 0.281. The lowest BCUT2D eigenvalue weighted by Crippen LogP contribution is -2.00. The zero-order valence-corrected chi connectivity index (χ0v) is 9.83. The molecule has 18 heavy (non-hydrogen) atoms. The van der Waals surface area contributed by atoms with Crippen LogP contribution in [0.3, 0.4) is 0 Å². The molecule has 0 unspecified atom stereocenters. The first-order valence-electron chi connectivity index (χ1n) is 5.26. The zero-order valence-electron chi connectivity index (χ0n) is 9.83. The molecule has 1 aromatic heterocycles. The standard InChI is InChI=1S/C12H13N3O3/c1-17-10-11(13)14-7-15-12(10)18-9-4-2-3-8(5-9)6-16/h2-5,7,16H,6H2,1H3,(H2,13,14,15). The summed E-state index contributed by atoms with van der Waals surface area (Å²) in [7, 11) is 1.46. The number of anilines is 1. The molecule has 0 bridgehead atoms. The lowest BCUT2D eigenvalue weighted by atomic mass is 10.2. The predicted octanol–water partition coefficient (Wildman–Crippen LogP) is 1.35. The van der Waals surface area contributed by atoms with Crippen LogP contribution in [-0.2, 0) is 6.61 Å². The van der Waals surface area contributed by atoms with Gasteiger partial charge in [-0.1, -0.05) is 12.1 Å². The van der Waals surface area contributed by atoms with Crippen LogP contribution < -0.4 is 15.2 Å². The molecular formula is C12H13N3O3. The maximum atomic E-state index is 9.05. The molecule has 0 amide bonds. The number of nitrogen functional groups attached to an aromatic ring is 1. The maximum absolute atomic E-state index is 9.05. The molecule has 2 aromatic rings. The molecule has 0 fully saturated rings. The van der Waals surface area contributed by atoms with Crippen molar-refractivity contribution in [1.29, 1.82) is 0 Å². The SMILES string of the molecule is COc1c(N)ncnc1Oc1cccc(CO)c1. The van der Waals surface area contributed by atoms with Crippen LogP contribution in [-0.4, -0.2) is 22.2 Å². The normalized spacial score (nSPS) is 10.1. The summed E-state index contributed by atoms with van der Waals surface area (Å²) in [6.07, 6.45) is 1.29. The summed E-state index contributed by atoms with van der Waals surface area (Å²) >= 11 is 0. The van der Waals surface area contributed by atoms with Crippen LogP contribution in [0.5, 0.6) is 17.4 Å². The van der Waals surface area contributed by atoms with Gasteiger partial charge in [0.1, 0.15) is 12.1 Å². The summed E-state index contributed by atoms with van der Waals surface area (Å²) in [5, 5.41) is 9.05. The van der Waals surface area contributed by atoms with Gasteiger partial charge in [-0.25, -0.2) is 4.98 Å². The number of nitrogens with zero attached hydrogens (tertiary/aromatic N) is 2. The fourth-order valence-electron chi connectivity index (χ4n) is 1.45. The van der Waals surface area contributed by atoms with Crippen molar-refractivity contribution in [2.45, 2.75) is 6.61 Å². The first kappa shape index (κ1) is 12.1. The minimum Gasteiger partial charge on any atom is -0.489 e. The van der Waals surface area contributed by atoms with E-state index in [0.29, 0.717) is 5.75 Å².